The van der Waals surface area contributed by atoms with Crippen molar-refractivity contribution in [1.82, 2.24) is 4.98 Å². The fourth-order valence-corrected chi connectivity index (χ4v) is 2.63. The zero-order chi connectivity index (χ0) is 11.7. The molecule has 3 heterocycles. The maximum atomic E-state index is 5.86. The Morgan fingerprint density at radius 1 is 1.41 bits per heavy atom. The van der Waals surface area contributed by atoms with E-state index in [1.54, 1.807) is 6.26 Å². The number of nitrogens with zero attached hydrogens (tertiary/aromatic N) is 2. The first-order valence-corrected chi connectivity index (χ1v) is 6.19. The molecule has 0 aromatic carbocycles. The number of pyridine rings is 1. The highest BCUT2D eigenvalue weighted by atomic mass is 16.3. The van der Waals surface area contributed by atoms with Crippen molar-refractivity contribution in [2.24, 2.45) is 5.73 Å². The molecule has 1 fully saturated rings. The minimum absolute atomic E-state index is 0.414. The van der Waals surface area contributed by atoms with E-state index in [1.165, 1.54) is 12.8 Å². The summed E-state index contributed by atoms with van der Waals surface area (Å²) in [6, 6.07) is 4.30. The second-order valence-electron chi connectivity index (χ2n) is 4.55. The van der Waals surface area contributed by atoms with Crippen LogP contribution < -0.4 is 10.6 Å². The van der Waals surface area contributed by atoms with E-state index in [1.807, 2.05) is 18.3 Å². The average molecular weight is 231 g/mol. The predicted molar refractivity (Wildman–Crippen MR) is 68.0 cm³/mol. The molecule has 2 N–H and O–H groups in total. The fraction of sp³-hybridized carbons (Fsp3) is 0.462. The van der Waals surface area contributed by atoms with Crippen LogP contribution in [0.15, 0.2) is 29.0 Å². The summed E-state index contributed by atoms with van der Waals surface area (Å²) in [5.41, 5.74) is 6.76. The van der Waals surface area contributed by atoms with Crippen LogP contribution in [0.4, 0.5) is 5.82 Å². The molecular formula is C13H17N3O. The van der Waals surface area contributed by atoms with E-state index in [2.05, 4.69) is 9.88 Å². The lowest BCUT2D eigenvalue weighted by molar-refractivity contribution is 0.463. The zero-order valence-electron chi connectivity index (χ0n) is 9.80. The molecule has 17 heavy (non-hydrogen) atoms. The van der Waals surface area contributed by atoms with E-state index in [0.717, 1.165) is 29.8 Å². The molecule has 2 aromatic rings. The standard InChI is InChI=1S/C13H17N3O/c14-9-10-3-1-2-7-16(10)13-11-5-8-17-12(11)4-6-15-13/h4-6,8,10H,1-3,7,9,14H2. The SMILES string of the molecule is NCC1CCCCN1c1nccc2occc12. The Labute approximate surface area is 100 Å². The van der Waals surface area contributed by atoms with Gasteiger partial charge < -0.3 is 15.1 Å². The summed E-state index contributed by atoms with van der Waals surface area (Å²) in [5.74, 6) is 1.02. The summed E-state index contributed by atoms with van der Waals surface area (Å²) in [4.78, 5) is 6.85. The Kier molecular flexibility index (Phi) is 2.73. The maximum absolute atomic E-state index is 5.86. The van der Waals surface area contributed by atoms with E-state index in [0.29, 0.717) is 12.6 Å². The van der Waals surface area contributed by atoms with Crippen molar-refractivity contribution in [2.45, 2.75) is 25.3 Å². The van der Waals surface area contributed by atoms with Crippen LogP contribution >= 0.6 is 0 Å². The molecule has 0 spiro atoms. The van der Waals surface area contributed by atoms with Gasteiger partial charge in [-0.2, -0.15) is 0 Å². The lowest BCUT2D eigenvalue weighted by Crippen LogP contribution is -2.44. The molecule has 2 aromatic heterocycles. The van der Waals surface area contributed by atoms with Gasteiger partial charge in [-0.1, -0.05) is 0 Å². The Hall–Kier alpha value is -1.55. The summed E-state index contributed by atoms with van der Waals surface area (Å²) in [6.07, 6.45) is 7.17. The quantitative estimate of drug-likeness (QED) is 0.860. The number of hydrogen-bond donors (Lipinski definition) is 1. The smallest absolute Gasteiger partial charge is 0.139 e. The van der Waals surface area contributed by atoms with Crippen molar-refractivity contribution in [2.75, 3.05) is 18.0 Å². The molecule has 1 saturated heterocycles. The van der Waals surface area contributed by atoms with Crippen molar-refractivity contribution in [3.05, 3.63) is 24.6 Å². The van der Waals surface area contributed by atoms with E-state index in [4.69, 9.17) is 10.2 Å². The number of aromatic nitrogens is 1. The lowest BCUT2D eigenvalue weighted by Gasteiger charge is -2.36. The molecular weight excluding hydrogens is 214 g/mol. The number of furan rings is 1. The van der Waals surface area contributed by atoms with Gasteiger partial charge in [0.25, 0.3) is 0 Å². The molecule has 0 saturated carbocycles. The summed E-state index contributed by atoms with van der Waals surface area (Å²) >= 11 is 0. The van der Waals surface area contributed by atoms with Crippen molar-refractivity contribution >= 4 is 16.8 Å². The molecule has 0 aliphatic carbocycles. The number of anilines is 1. The van der Waals surface area contributed by atoms with Crippen LogP contribution in [0.1, 0.15) is 19.3 Å². The van der Waals surface area contributed by atoms with Crippen molar-refractivity contribution in [3.63, 3.8) is 0 Å². The second kappa shape index (κ2) is 4.37. The largest absolute Gasteiger partial charge is 0.464 e. The number of rotatable bonds is 2. The van der Waals surface area contributed by atoms with Crippen LogP contribution in [0, 0.1) is 0 Å². The minimum atomic E-state index is 0.414. The highest BCUT2D eigenvalue weighted by Gasteiger charge is 2.24. The van der Waals surface area contributed by atoms with E-state index in [9.17, 15) is 0 Å². The molecule has 4 heteroatoms. The second-order valence-corrected chi connectivity index (χ2v) is 4.55. The summed E-state index contributed by atoms with van der Waals surface area (Å²) in [5, 5.41) is 1.09. The highest BCUT2D eigenvalue weighted by molar-refractivity contribution is 5.88. The first-order chi connectivity index (χ1) is 8.40. The fourth-order valence-electron chi connectivity index (χ4n) is 2.63. The highest BCUT2D eigenvalue weighted by Crippen LogP contribution is 2.29. The van der Waals surface area contributed by atoms with Gasteiger partial charge in [-0.05, 0) is 31.4 Å². The van der Waals surface area contributed by atoms with E-state index in [-0.39, 0.29) is 0 Å². The topological polar surface area (TPSA) is 55.3 Å². The van der Waals surface area contributed by atoms with Gasteiger partial charge in [0.2, 0.25) is 0 Å². The van der Waals surface area contributed by atoms with Crippen LogP contribution in [-0.4, -0.2) is 24.1 Å². The number of hydrogen-bond acceptors (Lipinski definition) is 4. The summed E-state index contributed by atoms with van der Waals surface area (Å²) < 4.78 is 5.42. The van der Waals surface area contributed by atoms with E-state index >= 15 is 0 Å². The molecule has 0 radical (unpaired) electrons. The van der Waals surface area contributed by atoms with Crippen LogP contribution in [0.5, 0.6) is 0 Å². The van der Waals surface area contributed by atoms with Gasteiger partial charge in [-0.15, -0.1) is 0 Å². The van der Waals surface area contributed by atoms with Gasteiger partial charge in [-0.25, -0.2) is 4.98 Å². The first kappa shape index (κ1) is 10.6. The van der Waals surface area contributed by atoms with E-state index < -0.39 is 0 Å². The van der Waals surface area contributed by atoms with Gasteiger partial charge in [0.1, 0.15) is 11.4 Å². The molecule has 0 amide bonds. The van der Waals surface area contributed by atoms with Crippen LogP contribution in [0.3, 0.4) is 0 Å². The molecule has 1 aliphatic rings. The first-order valence-electron chi connectivity index (χ1n) is 6.19. The monoisotopic (exact) mass is 231 g/mol. The average Bonchev–Trinajstić information content (AvgIpc) is 2.86. The van der Waals surface area contributed by atoms with Crippen LogP contribution in [0.25, 0.3) is 11.0 Å². The summed E-state index contributed by atoms with van der Waals surface area (Å²) in [6.45, 7) is 1.73. The third-order valence-corrected chi connectivity index (χ3v) is 3.53. The third kappa shape index (κ3) is 1.78. The molecule has 1 aliphatic heterocycles. The molecule has 3 rings (SSSR count). The Bertz CT molecular complexity index is 508. The maximum Gasteiger partial charge on any atom is 0.139 e. The normalized spacial score (nSPS) is 21.0. The zero-order valence-corrected chi connectivity index (χ0v) is 9.80. The van der Waals surface area contributed by atoms with Gasteiger partial charge in [0.15, 0.2) is 0 Å². The van der Waals surface area contributed by atoms with Crippen LogP contribution in [-0.2, 0) is 0 Å². The Morgan fingerprint density at radius 2 is 2.35 bits per heavy atom. The lowest BCUT2D eigenvalue weighted by atomic mass is 10.0. The minimum Gasteiger partial charge on any atom is -0.464 e. The number of piperidine rings is 1. The number of nitrogens with two attached hydrogens (primary N) is 1. The third-order valence-electron chi connectivity index (χ3n) is 3.53. The molecule has 1 unspecified atom stereocenters. The summed E-state index contributed by atoms with van der Waals surface area (Å²) in [7, 11) is 0. The van der Waals surface area contributed by atoms with Gasteiger partial charge in [0, 0.05) is 25.3 Å². The van der Waals surface area contributed by atoms with Gasteiger partial charge in [0.05, 0.1) is 11.6 Å². The molecule has 0 bridgehead atoms. The Morgan fingerprint density at radius 3 is 3.24 bits per heavy atom. The molecule has 90 valence electrons. The molecule has 4 nitrogen and oxygen atoms in total. The van der Waals surface area contributed by atoms with Crippen molar-refractivity contribution in [3.8, 4) is 0 Å². The van der Waals surface area contributed by atoms with Gasteiger partial charge in [-0.3, -0.25) is 0 Å². The Balaban J connectivity index is 2.04. The molecule has 1 atom stereocenters. The van der Waals surface area contributed by atoms with Crippen molar-refractivity contribution < 1.29 is 4.42 Å². The van der Waals surface area contributed by atoms with Crippen LogP contribution in [0.2, 0.25) is 0 Å². The number of fused-ring (bicyclic) bond motifs is 1. The predicted octanol–water partition coefficient (Wildman–Crippen LogP) is 2.15. The van der Waals surface area contributed by atoms with Crippen molar-refractivity contribution in [1.29, 1.82) is 0 Å². The van der Waals surface area contributed by atoms with Gasteiger partial charge >= 0.3 is 0 Å².